The summed E-state index contributed by atoms with van der Waals surface area (Å²) in [4.78, 5) is 15.9. The van der Waals surface area contributed by atoms with Gasteiger partial charge in [-0.3, -0.25) is 0 Å². The van der Waals surface area contributed by atoms with Gasteiger partial charge in [0.15, 0.2) is 0 Å². The van der Waals surface area contributed by atoms with Gasteiger partial charge in [0.25, 0.3) is 0 Å². The monoisotopic (exact) mass is 775 g/mol. The van der Waals surface area contributed by atoms with Crippen molar-refractivity contribution in [3.8, 4) is 44.9 Å². The van der Waals surface area contributed by atoms with E-state index in [-0.39, 0.29) is 0 Å². The Morgan fingerprint density at radius 3 is 1.51 bits per heavy atom. The molecule has 0 radical (unpaired) electrons. The van der Waals surface area contributed by atoms with E-state index in [0.29, 0.717) is 0 Å². The van der Waals surface area contributed by atoms with Gasteiger partial charge in [-0.05, 0) is 67.7 Å². The van der Waals surface area contributed by atoms with Crippen LogP contribution in [-0.2, 0) is 0 Å². The van der Waals surface area contributed by atoms with Crippen molar-refractivity contribution in [1.82, 2.24) is 15.0 Å². The van der Waals surface area contributed by atoms with Crippen LogP contribution in [0.2, 0.25) is 0 Å². The minimum absolute atomic E-state index is 0.841. The van der Waals surface area contributed by atoms with Crippen LogP contribution in [0.1, 0.15) is 0 Å². The molecule has 4 heteroatoms. The number of nitrogens with zero attached hydrogens (tertiary/aromatic N) is 3. The topological polar surface area (TPSA) is 51.8 Å². The van der Waals surface area contributed by atoms with E-state index in [0.717, 1.165) is 99.5 Å². The van der Waals surface area contributed by atoms with E-state index < -0.39 is 0 Å². The Balaban J connectivity index is 0.987. The second-order valence-corrected chi connectivity index (χ2v) is 15.8. The summed E-state index contributed by atoms with van der Waals surface area (Å²) in [6.07, 6.45) is 0. The standard InChI is InChI=1S/C57H33N3O/c1-2-12-35(13-3-1)47-32-30-37-28-29-38-31-33-48(59-55(38)54(37)58-47)36-26-24-34(25-27-36)39-19-11-22-49-52(39)57-53(45-18-8-9-23-50(45)61-57)56(60-49)46-21-10-20-44-42-15-5-4-14-40(42)41-16-6-7-17-43(41)51(44)46/h1-33H. The first kappa shape index (κ1) is 33.7. The number of benzene rings is 9. The van der Waals surface area contributed by atoms with Crippen molar-refractivity contribution < 1.29 is 4.42 Å². The zero-order valence-corrected chi connectivity index (χ0v) is 32.8. The van der Waals surface area contributed by atoms with E-state index in [4.69, 9.17) is 19.4 Å². The number of hydrogen-bond acceptors (Lipinski definition) is 4. The van der Waals surface area contributed by atoms with Gasteiger partial charge >= 0.3 is 0 Å². The Kier molecular flexibility index (Phi) is 7.27. The molecule has 0 bridgehead atoms. The van der Waals surface area contributed by atoms with Crippen molar-refractivity contribution >= 4 is 87.0 Å². The lowest BCUT2D eigenvalue weighted by molar-refractivity contribution is 0.672. The average Bonchev–Trinajstić information content (AvgIpc) is 3.73. The molecule has 13 aromatic rings. The molecule has 9 aromatic carbocycles. The van der Waals surface area contributed by atoms with Crippen LogP contribution in [0.5, 0.6) is 0 Å². The summed E-state index contributed by atoms with van der Waals surface area (Å²) in [7, 11) is 0. The van der Waals surface area contributed by atoms with Gasteiger partial charge < -0.3 is 4.42 Å². The fraction of sp³-hybridized carbons (Fsp3) is 0. The fourth-order valence-corrected chi connectivity index (χ4v) is 9.61. The first-order valence-electron chi connectivity index (χ1n) is 20.7. The van der Waals surface area contributed by atoms with Gasteiger partial charge in [0.05, 0.1) is 44.4 Å². The summed E-state index contributed by atoms with van der Waals surface area (Å²) in [5.74, 6) is 0. The second-order valence-electron chi connectivity index (χ2n) is 15.8. The molecule has 4 nitrogen and oxygen atoms in total. The molecule has 282 valence electrons. The van der Waals surface area contributed by atoms with Gasteiger partial charge in [0.1, 0.15) is 11.2 Å². The van der Waals surface area contributed by atoms with Gasteiger partial charge in [0.2, 0.25) is 0 Å². The van der Waals surface area contributed by atoms with E-state index in [9.17, 15) is 0 Å². The smallest absolute Gasteiger partial charge is 0.147 e. The highest BCUT2D eigenvalue weighted by Gasteiger charge is 2.23. The molecule has 0 amide bonds. The first-order valence-corrected chi connectivity index (χ1v) is 20.7. The van der Waals surface area contributed by atoms with E-state index >= 15 is 0 Å². The average molecular weight is 776 g/mol. The molecule has 0 aliphatic heterocycles. The Bertz CT molecular complexity index is 3880. The Morgan fingerprint density at radius 1 is 0.311 bits per heavy atom. The second kappa shape index (κ2) is 13.2. The Hall–Kier alpha value is -8.21. The third-order valence-electron chi connectivity index (χ3n) is 12.4. The Morgan fingerprint density at radius 2 is 0.820 bits per heavy atom. The zero-order valence-electron chi connectivity index (χ0n) is 32.8. The molecule has 0 saturated carbocycles. The summed E-state index contributed by atoms with van der Waals surface area (Å²) in [5.41, 5.74) is 12.5. The van der Waals surface area contributed by atoms with E-state index in [2.05, 4.69) is 176 Å². The van der Waals surface area contributed by atoms with Gasteiger partial charge in [-0.15, -0.1) is 0 Å². The van der Waals surface area contributed by atoms with Crippen molar-refractivity contribution in [2.45, 2.75) is 0 Å². The molecule has 0 atom stereocenters. The third kappa shape index (κ3) is 5.16. The normalized spacial score (nSPS) is 11.9. The first-order chi connectivity index (χ1) is 30.2. The summed E-state index contributed by atoms with van der Waals surface area (Å²) < 4.78 is 6.91. The number of rotatable bonds is 4. The molecule has 13 rings (SSSR count). The van der Waals surface area contributed by atoms with Crippen LogP contribution in [0.3, 0.4) is 0 Å². The van der Waals surface area contributed by atoms with Crippen molar-refractivity contribution in [2.75, 3.05) is 0 Å². The maximum atomic E-state index is 6.91. The van der Waals surface area contributed by atoms with Crippen LogP contribution in [0.4, 0.5) is 0 Å². The summed E-state index contributed by atoms with van der Waals surface area (Å²) >= 11 is 0. The van der Waals surface area contributed by atoms with Crippen LogP contribution >= 0.6 is 0 Å². The van der Waals surface area contributed by atoms with Gasteiger partial charge in [-0.25, -0.2) is 15.0 Å². The molecular weight excluding hydrogens is 743 g/mol. The van der Waals surface area contributed by atoms with E-state index in [1.807, 2.05) is 24.3 Å². The lowest BCUT2D eigenvalue weighted by atomic mass is 9.89. The molecule has 61 heavy (non-hydrogen) atoms. The zero-order chi connectivity index (χ0) is 40.0. The molecule has 0 spiro atoms. The molecule has 4 aromatic heterocycles. The minimum atomic E-state index is 0.841. The largest absolute Gasteiger partial charge is 0.455 e. The quantitative estimate of drug-likeness (QED) is 0.167. The molecule has 0 N–H and O–H groups in total. The number of para-hydroxylation sites is 1. The van der Waals surface area contributed by atoms with E-state index in [1.54, 1.807) is 0 Å². The van der Waals surface area contributed by atoms with Crippen LogP contribution in [0.25, 0.3) is 132 Å². The SMILES string of the molecule is c1ccc(-c2ccc3ccc4ccc(-c5ccc(-c6cccc7nc(-c8cccc9c%10ccccc%10c%10ccccc%10c89)c8c9ccccc9oc8c67)cc5)nc4c3n2)cc1. The van der Waals surface area contributed by atoms with Crippen molar-refractivity contribution in [2.24, 2.45) is 0 Å². The summed E-state index contributed by atoms with van der Waals surface area (Å²) in [6, 6.07) is 70.6. The predicted molar refractivity (Wildman–Crippen MR) is 254 cm³/mol. The maximum absolute atomic E-state index is 6.91. The molecule has 4 heterocycles. The predicted octanol–water partition coefficient (Wildman–Crippen LogP) is 15.4. The number of pyridine rings is 3. The molecule has 0 aliphatic rings. The number of furan rings is 1. The lowest BCUT2D eigenvalue weighted by Crippen LogP contribution is -1.93. The van der Waals surface area contributed by atoms with E-state index in [1.165, 1.54) is 32.3 Å². The third-order valence-corrected chi connectivity index (χ3v) is 12.4. The van der Waals surface area contributed by atoms with Gasteiger partial charge in [-0.2, -0.15) is 0 Å². The maximum Gasteiger partial charge on any atom is 0.147 e. The highest BCUT2D eigenvalue weighted by molar-refractivity contribution is 6.31. The van der Waals surface area contributed by atoms with Gasteiger partial charge in [0, 0.05) is 32.8 Å². The molecule has 0 fully saturated rings. The summed E-state index contributed by atoms with van der Waals surface area (Å²) in [5, 5.41) is 12.5. The minimum Gasteiger partial charge on any atom is -0.455 e. The van der Waals surface area contributed by atoms with Gasteiger partial charge in [-0.1, -0.05) is 176 Å². The van der Waals surface area contributed by atoms with Crippen molar-refractivity contribution in [1.29, 1.82) is 0 Å². The summed E-state index contributed by atoms with van der Waals surface area (Å²) in [6.45, 7) is 0. The number of aromatic nitrogens is 3. The highest BCUT2D eigenvalue weighted by atomic mass is 16.3. The lowest BCUT2D eigenvalue weighted by Gasteiger charge is -2.15. The van der Waals surface area contributed by atoms with Crippen LogP contribution in [0, 0.1) is 0 Å². The van der Waals surface area contributed by atoms with Crippen molar-refractivity contribution in [3.05, 3.63) is 200 Å². The van der Waals surface area contributed by atoms with Crippen LogP contribution in [-0.4, -0.2) is 15.0 Å². The fourth-order valence-electron chi connectivity index (χ4n) is 9.61. The van der Waals surface area contributed by atoms with Crippen LogP contribution < -0.4 is 0 Å². The molecule has 0 unspecified atom stereocenters. The highest BCUT2D eigenvalue weighted by Crippen LogP contribution is 2.46. The van der Waals surface area contributed by atoms with Crippen LogP contribution in [0.15, 0.2) is 205 Å². The Labute approximate surface area is 350 Å². The number of fused-ring (bicyclic) bond motifs is 14. The number of hydrogen-bond donors (Lipinski definition) is 0. The molecular formula is C57H33N3O. The molecule has 0 aliphatic carbocycles. The molecule has 0 saturated heterocycles. The van der Waals surface area contributed by atoms with Crippen molar-refractivity contribution in [3.63, 3.8) is 0 Å².